The lowest BCUT2D eigenvalue weighted by molar-refractivity contribution is 0.442. The molecule has 0 radical (unpaired) electrons. The lowest BCUT2D eigenvalue weighted by Crippen LogP contribution is -2.25. The van der Waals surface area contributed by atoms with Crippen LogP contribution in [-0.4, -0.2) is 32.9 Å². The Labute approximate surface area is 237 Å². The van der Waals surface area contributed by atoms with Gasteiger partial charge in [0.2, 0.25) is 0 Å². The number of halogens is 1. The van der Waals surface area contributed by atoms with E-state index < -0.39 is 9.84 Å². The van der Waals surface area contributed by atoms with Crippen molar-refractivity contribution in [3.05, 3.63) is 94.8 Å². The molecule has 0 N–H and O–H groups in total. The first kappa shape index (κ1) is 28.3. The highest BCUT2D eigenvalue weighted by molar-refractivity contribution is 7.91. The average molecular weight is 567 g/mol. The number of pyridine rings is 1. The van der Waals surface area contributed by atoms with Crippen LogP contribution in [0.4, 0.5) is 0 Å². The molecule has 0 bridgehead atoms. The second-order valence-corrected chi connectivity index (χ2v) is 12.9. The van der Waals surface area contributed by atoms with Crippen LogP contribution < -0.4 is 5.01 Å². The molecule has 0 spiro atoms. The monoisotopic (exact) mass is 566 g/mol. The van der Waals surface area contributed by atoms with Gasteiger partial charge in [0.25, 0.3) is 0 Å². The molecule has 1 aromatic heterocycles. The Kier molecular flexibility index (Phi) is 8.96. The molecule has 4 rings (SSSR count). The Morgan fingerprint density at radius 1 is 1.00 bits per heavy atom. The van der Waals surface area contributed by atoms with Gasteiger partial charge in [-0.3, -0.25) is 4.68 Å². The maximum Gasteiger partial charge on any atom is 0.182 e. The van der Waals surface area contributed by atoms with Gasteiger partial charge >= 0.3 is 0 Å². The van der Waals surface area contributed by atoms with Gasteiger partial charge in [0.05, 0.1) is 15.2 Å². The van der Waals surface area contributed by atoms with Crippen LogP contribution in [0.3, 0.4) is 0 Å². The molecule has 0 atom stereocenters. The molecule has 2 aromatic carbocycles. The molecular formula is C31H35ClN2O2S2. The van der Waals surface area contributed by atoms with Crippen molar-refractivity contribution in [3.8, 4) is 22.3 Å². The average Bonchev–Trinajstić information content (AvgIpc) is 2.90. The van der Waals surface area contributed by atoms with Crippen molar-refractivity contribution in [1.82, 2.24) is 4.68 Å². The van der Waals surface area contributed by atoms with Crippen molar-refractivity contribution in [1.29, 1.82) is 0 Å². The van der Waals surface area contributed by atoms with Crippen LogP contribution >= 0.6 is 23.8 Å². The summed E-state index contributed by atoms with van der Waals surface area (Å²) in [6.45, 7) is 7.68. The van der Waals surface area contributed by atoms with E-state index in [4.69, 9.17) is 23.8 Å². The molecule has 0 amide bonds. The highest BCUT2D eigenvalue weighted by Gasteiger charge is 2.24. The summed E-state index contributed by atoms with van der Waals surface area (Å²) in [6.07, 6.45) is 14.2. The van der Waals surface area contributed by atoms with Gasteiger partial charge in [-0.25, -0.2) is 8.42 Å². The van der Waals surface area contributed by atoms with Crippen LogP contribution in [0.5, 0.6) is 0 Å². The smallest absolute Gasteiger partial charge is 0.182 e. The number of rotatable bonds is 9. The summed E-state index contributed by atoms with van der Waals surface area (Å²) in [5.41, 5.74) is 5.78. The Morgan fingerprint density at radius 3 is 2.32 bits per heavy atom. The Balaban J connectivity index is 2.01. The van der Waals surface area contributed by atoms with Gasteiger partial charge in [0.1, 0.15) is 0 Å². The summed E-state index contributed by atoms with van der Waals surface area (Å²) in [7, 11) is 0.221. The molecule has 3 aromatic rings. The van der Waals surface area contributed by atoms with E-state index in [0.29, 0.717) is 26.6 Å². The maximum atomic E-state index is 13.2. The molecule has 1 heterocycles. The summed E-state index contributed by atoms with van der Waals surface area (Å²) in [6, 6.07) is 11.5. The van der Waals surface area contributed by atoms with E-state index in [-0.39, 0.29) is 10.6 Å². The molecule has 4 nitrogen and oxygen atoms in total. The number of aromatic nitrogens is 1. The zero-order valence-electron chi connectivity index (χ0n) is 22.1. The lowest BCUT2D eigenvalue weighted by atomic mass is 9.79. The Bertz CT molecular complexity index is 1520. The van der Waals surface area contributed by atoms with Gasteiger partial charge in [-0.2, -0.15) is 0 Å². The predicted molar refractivity (Wildman–Crippen MR) is 163 cm³/mol. The minimum Gasteiger partial charge on any atom is -0.319 e. The van der Waals surface area contributed by atoms with E-state index in [9.17, 15) is 8.42 Å². The summed E-state index contributed by atoms with van der Waals surface area (Å²) in [5.74, 6) is 0.344. The van der Waals surface area contributed by atoms with Crippen molar-refractivity contribution in [2.45, 2.75) is 49.3 Å². The standard InChI is InChI=1S/C31H35ClN2O2S2/c1-5-11-25-24(22-12-8-7-9-13-22)14-10-15-26(25)28-20-34(33(3)4)21-29(31(28)37)27-17-16-23(32)19-30(27)38(35,36)18-6-2/h5-6,10,14-17,19-22H,1-2,7-9,11-13,18H2,3-4H3. The highest BCUT2D eigenvalue weighted by atomic mass is 35.5. The number of allylic oxidation sites excluding steroid dienone is 1. The quantitative estimate of drug-likeness (QED) is 0.194. The fourth-order valence-electron chi connectivity index (χ4n) is 5.42. The van der Waals surface area contributed by atoms with Crippen LogP contribution in [0.1, 0.15) is 49.1 Å². The number of nitrogens with zero attached hydrogens (tertiary/aromatic N) is 2. The minimum atomic E-state index is -3.66. The number of hydrogen-bond donors (Lipinski definition) is 0. The van der Waals surface area contributed by atoms with E-state index in [1.54, 1.807) is 12.1 Å². The number of benzene rings is 2. The normalized spacial score (nSPS) is 14.3. The van der Waals surface area contributed by atoms with Gasteiger partial charge in [0.15, 0.2) is 9.84 Å². The largest absolute Gasteiger partial charge is 0.319 e. The summed E-state index contributed by atoms with van der Waals surface area (Å²) >= 11 is 12.4. The fraction of sp³-hybridized carbons (Fsp3) is 0.323. The second-order valence-electron chi connectivity index (χ2n) is 10.1. The molecule has 0 saturated heterocycles. The molecular weight excluding hydrogens is 532 g/mol. The third-order valence-corrected chi connectivity index (χ3v) is 9.63. The Morgan fingerprint density at radius 2 is 1.68 bits per heavy atom. The first-order chi connectivity index (χ1) is 18.2. The SMILES string of the molecule is C=CCc1c(-c2cn(N(C)C)cc(-c3ccc(Cl)cc3S(=O)(=O)CC=C)c2=S)cccc1C1CCCCC1. The van der Waals surface area contributed by atoms with Gasteiger partial charge in [-0.05, 0) is 54.0 Å². The third-order valence-electron chi connectivity index (χ3n) is 7.28. The van der Waals surface area contributed by atoms with Crippen LogP contribution in [-0.2, 0) is 16.3 Å². The van der Waals surface area contributed by atoms with Crippen LogP contribution in [0.2, 0.25) is 5.02 Å². The van der Waals surface area contributed by atoms with Gasteiger partial charge in [0, 0.05) is 48.2 Å². The molecule has 0 unspecified atom stereocenters. The molecule has 1 saturated carbocycles. The zero-order valence-corrected chi connectivity index (χ0v) is 24.5. The molecule has 1 aliphatic rings. The third kappa shape index (κ3) is 5.83. The summed E-state index contributed by atoms with van der Waals surface area (Å²) in [4.78, 5) is 0.153. The van der Waals surface area contributed by atoms with E-state index in [2.05, 4.69) is 31.4 Å². The zero-order chi connectivity index (χ0) is 27.4. The lowest BCUT2D eigenvalue weighted by Gasteiger charge is -2.26. The molecule has 38 heavy (non-hydrogen) atoms. The molecule has 200 valence electrons. The molecule has 1 aliphatic carbocycles. The summed E-state index contributed by atoms with van der Waals surface area (Å²) < 4.78 is 29.0. The van der Waals surface area contributed by atoms with Crippen LogP contribution in [0, 0.1) is 4.51 Å². The van der Waals surface area contributed by atoms with Gasteiger partial charge in [-0.15, -0.1) is 13.2 Å². The van der Waals surface area contributed by atoms with E-state index >= 15 is 0 Å². The van der Waals surface area contributed by atoms with Crippen molar-refractivity contribution in [3.63, 3.8) is 0 Å². The summed E-state index contributed by atoms with van der Waals surface area (Å²) in [5, 5.41) is 2.29. The second kappa shape index (κ2) is 12.0. The molecule has 7 heteroatoms. The fourth-order valence-corrected chi connectivity index (χ4v) is 7.30. The van der Waals surface area contributed by atoms with E-state index in [0.717, 1.165) is 17.5 Å². The van der Waals surface area contributed by atoms with Crippen LogP contribution in [0.15, 0.2) is 79.0 Å². The van der Waals surface area contributed by atoms with Crippen LogP contribution in [0.25, 0.3) is 22.3 Å². The first-order valence-electron chi connectivity index (χ1n) is 13.0. The Hall–Kier alpha value is -2.67. The predicted octanol–water partition coefficient (Wildman–Crippen LogP) is 8.14. The number of sulfone groups is 1. The van der Waals surface area contributed by atoms with Crippen molar-refractivity contribution in [2.24, 2.45) is 0 Å². The van der Waals surface area contributed by atoms with Crippen molar-refractivity contribution < 1.29 is 8.42 Å². The maximum absolute atomic E-state index is 13.2. The minimum absolute atomic E-state index is 0.153. The molecule has 1 fully saturated rings. The topological polar surface area (TPSA) is 42.3 Å². The first-order valence-corrected chi connectivity index (χ1v) is 15.4. The van der Waals surface area contributed by atoms with Gasteiger partial charge < -0.3 is 5.01 Å². The highest BCUT2D eigenvalue weighted by Crippen LogP contribution is 2.40. The van der Waals surface area contributed by atoms with E-state index in [1.165, 1.54) is 55.4 Å². The van der Waals surface area contributed by atoms with Gasteiger partial charge in [-0.1, -0.05) is 79.5 Å². The van der Waals surface area contributed by atoms with Crippen molar-refractivity contribution >= 4 is 33.7 Å². The van der Waals surface area contributed by atoms with E-state index in [1.807, 2.05) is 42.3 Å². The molecule has 0 aliphatic heterocycles. The number of hydrogen-bond acceptors (Lipinski definition) is 4. The van der Waals surface area contributed by atoms with Crippen molar-refractivity contribution in [2.75, 3.05) is 24.9 Å².